The van der Waals surface area contributed by atoms with Crippen LogP contribution in [-0.2, 0) is 6.54 Å². The van der Waals surface area contributed by atoms with E-state index in [1.54, 1.807) is 53.1 Å². The van der Waals surface area contributed by atoms with Gasteiger partial charge in [-0.05, 0) is 60.2 Å². The lowest BCUT2D eigenvalue weighted by Gasteiger charge is -2.12. The predicted octanol–water partition coefficient (Wildman–Crippen LogP) is 7.13. The second-order valence-electron chi connectivity index (χ2n) is 7.72. The second kappa shape index (κ2) is 8.38. The van der Waals surface area contributed by atoms with Gasteiger partial charge in [0.1, 0.15) is 5.82 Å². The first kappa shape index (κ1) is 22.3. The quantitative estimate of drug-likeness (QED) is 0.263. The first-order valence-corrected chi connectivity index (χ1v) is 10.9. The molecule has 5 rings (SSSR count). The molecule has 0 saturated heterocycles. The Morgan fingerprint density at radius 2 is 1.62 bits per heavy atom. The molecule has 0 unspecified atom stereocenters. The summed E-state index contributed by atoms with van der Waals surface area (Å²) in [5.74, 6) is -4.01. The van der Waals surface area contributed by atoms with Crippen molar-refractivity contribution in [2.24, 2.45) is 5.73 Å². The van der Waals surface area contributed by atoms with Crippen molar-refractivity contribution in [3.05, 3.63) is 105 Å². The lowest BCUT2D eigenvalue weighted by Crippen LogP contribution is -2.11. The molecule has 0 bridgehead atoms. The van der Waals surface area contributed by atoms with E-state index in [0.717, 1.165) is 12.1 Å². The van der Waals surface area contributed by atoms with Crippen molar-refractivity contribution in [1.29, 1.82) is 0 Å². The monoisotopic (exact) mass is 497 g/mol. The Bertz CT molecular complexity index is 1610. The number of amides is 1. The topological polar surface area (TPSA) is 48.0 Å². The van der Waals surface area contributed by atoms with Gasteiger partial charge >= 0.3 is 0 Å². The van der Waals surface area contributed by atoms with Crippen molar-refractivity contribution in [2.45, 2.75) is 6.54 Å². The van der Waals surface area contributed by atoms with Gasteiger partial charge in [0.05, 0.1) is 17.6 Å². The van der Waals surface area contributed by atoms with E-state index >= 15 is 0 Å². The number of carbonyl (C=O) groups is 1. The minimum Gasteiger partial charge on any atom is -0.366 e. The Kier molecular flexibility index (Phi) is 5.50. The maximum absolute atomic E-state index is 14.6. The number of nitrogens with zero attached hydrogens (tertiary/aromatic N) is 1. The highest BCUT2D eigenvalue weighted by Gasteiger charge is 2.21. The van der Waals surface area contributed by atoms with Crippen molar-refractivity contribution in [1.82, 2.24) is 4.57 Å². The summed E-state index contributed by atoms with van der Waals surface area (Å²) in [6.45, 7) is -0.342. The molecule has 8 heteroatoms. The smallest absolute Gasteiger partial charge is 0.249 e. The van der Waals surface area contributed by atoms with Gasteiger partial charge in [-0.15, -0.1) is 0 Å². The van der Waals surface area contributed by atoms with Crippen LogP contribution in [0.25, 0.3) is 32.9 Å². The van der Waals surface area contributed by atoms with Crippen LogP contribution in [0.5, 0.6) is 0 Å². The van der Waals surface area contributed by atoms with Crippen LogP contribution in [-0.4, -0.2) is 10.5 Å². The third-order valence-corrected chi connectivity index (χ3v) is 6.40. The van der Waals surface area contributed by atoms with E-state index < -0.39 is 28.9 Å². The molecule has 0 spiro atoms. The number of primary amides is 1. The van der Waals surface area contributed by atoms with Gasteiger partial charge in [-0.2, -0.15) is 0 Å². The molecule has 1 radical (unpaired) electrons. The van der Waals surface area contributed by atoms with Gasteiger partial charge in [-0.1, -0.05) is 35.3 Å². The van der Waals surface area contributed by atoms with Gasteiger partial charge in [0.15, 0.2) is 11.6 Å². The summed E-state index contributed by atoms with van der Waals surface area (Å²) in [6.07, 6.45) is 0. The van der Waals surface area contributed by atoms with Crippen molar-refractivity contribution in [3.8, 4) is 11.1 Å². The van der Waals surface area contributed by atoms with E-state index in [1.165, 1.54) is 0 Å². The Morgan fingerprint density at radius 3 is 2.32 bits per heavy atom. The van der Waals surface area contributed by atoms with E-state index in [-0.39, 0.29) is 12.1 Å². The maximum Gasteiger partial charge on any atom is 0.249 e. The van der Waals surface area contributed by atoms with Crippen LogP contribution < -0.4 is 5.73 Å². The third kappa shape index (κ3) is 3.50. The molecule has 169 valence electrons. The molecule has 1 amide bonds. The summed E-state index contributed by atoms with van der Waals surface area (Å²) in [5.41, 5.74) is 7.49. The van der Waals surface area contributed by atoms with Crippen LogP contribution in [0.1, 0.15) is 15.9 Å². The maximum atomic E-state index is 14.6. The number of nitrogens with two attached hydrogens (primary N) is 1. The molecule has 0 aliphatic heterocycles. The van der Waals surface area contributed by atoms with Gasteiger partial charge in [0, 0.05) is 37.5 Å². The number of hydrogen-bond donors (Lipinski definition) is 1. The lowest BCUT2D eigenvalue weighted by atomic mass is 10.0. The standard InChI is InChI=1S/C26H14Cl2F3N2O/c27-17-4-2-5-18(28)23(17)13-7-8-14-22(11-13)33(12-16-19(29)9-10-20(30)25(16)31)21-6-1-3-15(24(14)21)26(32)34/h1-7,9-11H,12H2,(H2,32,34). The van der Waals surface area contributed by atoms with Crippen molar-refractivity contribution in [2.75, 3.05) is 0 Å². The molecule has 0 aliphatic rings. The fourth-order valence-electron chi connectivity index (χ4n) is 4.22. The SMILES string of the molecule is NC(=O)c1cccc2c1c1[c]cc(-c3c(Cl)cccc3Cl)cc1n2Cc1c(F)ccc(F)c1F. The molecule has 3 nitrogen and oxygen atoms in total. The van der Waals surface area contributed by atoms with Gasteiger partial charge < -0.3 is 10.3 Å². The summed E-state index contributed by atoms with van der Waals surface area (Å²) in [7, 11) is 0. The molecule has 5 aromatic rings. The molecular weight excluding hydrogens is 484 g/mol. The van der Waals surface area contributed by atoms with Crippen LogP contribution in [0.2, 0.25) is 10.0 Å². The van der Waals surface area contributed by atoms with Gasteiger partial charge in [0.25, 0.3) is 0 Å². The molecule has 4 aromatic carbocycles. The summed E-state index contributed by atoms with van der Waals surface area (Å²) in [4.78, 5) is 12.2. The largest absolute Gasteiger partial charge is 0.366 e. The van der Waals surface area contributed by atoms with Crippen molar-refractivity contribution >= 4 is 50.9 Å². The molecule has 1 heterocycles. The molecule has 0 saturated carbocycles. The molecule has 0 aliphatic carbocycles. The average Bonchev–Trinajstić information content (AvgIpc) is 3.12. The Labute approximate surface area is 202 Å². The van der Waals surface area contributed by atoms with Crippen molar-refractivity contribution in [3.63, 3.8) is 0 Å². The number of hydrogen-bond acceptors (Lipinski definition) is 1. The number of halogens is 5. The molecule has 34 heavy (non-hydrogen) atoms. The molecule has 0 atom stereocenters. The second-order valence-corrected chi connectivity index (χ2v) is 8.53. The van der Waals surface area contributed by atoms with Crippen LogP contribution in [0.4, 0.5) is 13.2 Å². The van der Waals surface area contributed by atoms with E-state index in [4.69, 9.17) is 28.9 Å². The van der Waals surface area contributed by atoms with Gasteiger partial charge in [0.2, 0.25) is 5.91 Å². The Hall–Kier alpha value is -3.48. The molecule has 0 fully saturated rings. The Morgan fingerprint density at radius 1 is 0.941 bits per heavy atom. The van der Waals surface area contributed by atoms with Crippen LogP contribution in [0.15, 0.2) is 60.7 Å². The minimum atomic E-state index is -1.28. The first-order chi connectivity index (χ1) is 16.3. The summed E-state index contributed by atoms with van der Waals surface area (Å²) in [5, 5.41) is 1.79. The summed E-state index contributed by atoms with van der Waals surface area (Å²) < 4.78 is 44.6. The zero-order valence-electron chi connectivity index (χ0n) is 17.3. The van der Waals surface area contributed by atoms with E-state index in [2.05, 4.69) is 6.07 Å². The van der Waals surface area contributed by atoms with E-state index in [1.807, 2.05) is 0 Å². The fraction of sp³-hybridized carbons (Fsp3) is 0.0385. The summed E-state index contributed by atoms with van der Waals surface area (Å²) >= 11 is 12.8. The van der Waals surface area contributed by atoms with Crippen LogP contribution in [0, 0.1) is 23.5 Å². The lowest BCUT2D eigenvalue weighted by molar-refractivity contribution is 0.100. The van der Waals surface area contributed by atoms with Crippen molar-refractivity contribution < 1.29 is 18.0 Å². The van der Waals surface area contributed by atoms with E-state index in [9.17, 15) is 18.0 Å². The van der Waals surface area contributed by atoms with E-state index in [0.29, 0.717) is 43.0 Å². The fourth-order valence-corrected chi connectivity index (χ4v) is 4.84. The predicted molar refractivity (Wildman–Crippen MR) is 128 cm³/mol. The normalized spacial score (nSPS) is 11.4. The van der Waals surface area contributed by atoms with Gasteiger partial charge in [-0.3, -0.25) is 4.79 Å². The molecule has 1 aromatic heterocycles. The highest BCUT2D eigenvalue weighted by molar-refractivity contribution is 6.39. The highest BCUT2D eigenvalue weighted by Crippen LogP contribution is 2.39. The number of carbonyl (C=O) groups excluding carboxylic acids is 1. The first-order valence-electron chi connectivity index (χ1n) is 10.1. The third-order valence-electron chi connectivity index (χ3n) is 5.77. The number of aromatic nitrogens is 1. The minimum absolute atomic E-state index is 0.223. The summed E-state index contributed by atoms with van der Waals surface area (Å²) in [6, 6.07) is 18.1. The zero-order valence-corrected chi connectivity index (χ0v) is 18.8. The molecule has 2 N–H and O–H groups in total. The number of rotatable bonds is 4. The van der Waals surface area contributed by atoms with Crippen LogP contribution in [0.3, 0.4) is 0 Å². The van der Waals surface area contributed by atoms with Crippen LogP contribution >= 0.6 is 23.2 Å². The van der Waals surface area contributed by atoms with Gasteiger partial charge in [-0.25, -0.2) is 13.2 Å². The number of fused-ring (bicyclic) bond motifs is 3. The molecular formula is C26H14Cl2F3N2O. The average molecular weight is 498 g/mol. The zero-order chi connectivity index (χ0) is 24.1. The number of benzene rings is 4. The Balaban J connectivity index is 1.86. The highest BCUT2D eigenvalue weighted by atomic mass is 35.5.